The highest BCUT2D eigenvalue weighted by Crippen LogP contribution is 2.61. The van der Waals surface area contributed by atoms with Gasteiger partial charge in [0.25, 0.3) is 5.22 Å². The van der Waals surface area contributed by atoms with Crippen LogP contribution in [-0.2, 0) is 4.79 Å². The van der Waals surface area contributed by atoms with Gasteiger partial charge in [0, 0.05) is 11.6 Å². The molecule has 4 saturated carbocycles. The number of halogens is 1. The minimum atomic E-state index is -0.312. The fourth-order valence-corrected chi connectivity index (χ4v) is 6.82. The fourth-order valence-electron chi connectivity index (χ4n) is 6.25. The van der Waals surface area contributed by atoms with Gasteiger partial charge in [-0.15, -0.1) is 10.2 Å². The minimum Gasteiger partial charge on any atom is -0.411 e. The summed E-state index contributed by atoms with van der Waals surface area (Å²) in [6.45, 7) is 2.19. The summed E-state index contributed by atoms with van der Waals surface area (Å²) in [5.74, 6) is 2.90. The highest BCUT2D eigenvalue weighted by molar-refractivity contribution is 7.99. The van der Waals surface area contributed by atoms with Crippen molar-refractivity contribution in [3.63, 3.8) is 0 Å². The first kappa shape index (κ1) is 19.1. The third-order valence-electron chi connectivity index (χ3n) is 7.21. The number of hydrogen-bond donors (Lipinski definition) is 1. The van der Waals surface area contributed by atoms with Gasteiger partial charge in [-0.2, -0.15) is 0 Å². The molecule has 4 fully saturated rings. The zero-order chi connectivity index (χ0) is 20.0. The number of carbonyl (C=O) groups excluding carboxylic acids is 1. The molecular weight excluding hydrogens is 389 g/mol. The van der Waals surface area contributed by atoms with Gasteiger partial charge in [-0.25, -0.2) is 4.39 Å². The summed E-state index contributed by atoms with van der Waals surface area (Å²) in [4.78, 5) is 12.6. The van der Waals surface area contributed by atoms with Crippen LogP contribution >= 0.6 is 11.8 Å². The Balaban J connectivity index is 1.16. The van der Waals surface area contributed by atoms with Crippen molar-refractivity contribution in [2.45, 2.75) is 56.7 Å². The van der Waals surface area contributed by atoms with Crippen LogP contribution in [0.25, 0.3) is 11.5 Å². The third kappa shape index (κ3) is 3.81. The van der Waals surface area contributed by atoms with Crippen LogP contribution in [0.15, 0.2) is 33.9 Å². The van der Waals surface area contributed by atoms with E-state index in [2.05, 4.69) is 22.4 Å². The normalized spacial score (nSPS) is 31.0. The summed E-state index contributed by atoms with van der Waals surface area (Å²) in [6, 6.07) is 6.10. The van der Waals surface area contributed by atoms with Gasteiger partial charge in [0.05, 0.1) is 5.75 Å². The molecule has 0 saturated heterocycles. The number of nitrogens with one attached hydrogen (secondary N) is 1. The molecule has 29 heavy (non-hydrogen) atoms. The maximum atomic E-state index is 13.0. The molecule has 6 rings (SSSR count). The highest BCUT2D eigenvalue weighted by Gasteiger charge is 2.53. The minimum absolute atomic E-state index is 0.0137. The Morgan fingerprint density at radius 2 is 1.79 bits per heavy atom. The van der Waals surface area contributed by atoms with Crippen LogP contribution in [0, 0.1) is 29.0 Å². The summed E-state index contributed by atoms with van der Waals surface area (Å²) >= 11 is 1.24. The first-order valence-corrected chi connectivity index (χ1v) is 11.5. The summed E-state index contributed by atoms with van der Waals surface area (Å²) in [5.41, 5.74) is 0.959. The molecule has 1 atom stereocenters. The van der Waals surface area contributed by atoms with E-state index in [1.54, 1.807) is 12.1 Å². The van der Waals surface area contributed by atoms with E-state index >= 15 is 0 Å². The van der Waals surface area contributed by atoms with Crippen LogP contribution in [0.5, 0.6) is 0 Å². The summed E-state index contributed by atoms with van der Waals surface area (Å²) in [5, 5.41) is 11.6. The van der Waals surface area contributed by atoms with Gasteiger partial charge in [0.1, 0.15) is 5.82 Å². The average Bonchev–Trinajstić information content (AvgIpc) is 3.15. The van der Waals surface area contributed by atoms with Crippen molar-refractivity contribution < 1.29 is 13.6 Å². The van der Waals surface area contributed by atoms with Gasteiger partial charge in [0.15, 0.2) is 0 Å². The predicted molar refractivity (Wildman–Crippen MR) is 109 cm³/mol. The van der Waals surface area contributed by atoms with Crippen LogP contribution in [0.1, 0.15) is 45.4 Å². The molecule has 0 aliphatic heterocycles. The van der Waals surface area contributed by atoms with Crippen LogP contribution in [0.2, 0.25) is 0 Å². The first-order chi connectivity index (χ1) is 14.0. The number of aromatic nitrogens is 2. The highest BCUT2D eigenvalue weighted by atomic mass is 32.2. The molecule has 4 bridgehead atoms. The number of hydrogen-bond acceptors (Lipinski definition) is 5. The third-order valence-corrected chi connectivity index (χ3v) is 8.02. The molecule has 7 heteroatoms. The standard InChI is InChI=1S/C22H26FN3O2S/c1-13(22-9-14-6-15(10-22)8-16(7-14)11-22)24-19(27)12-29-21-26-25-20(28-21)17-2-4-18(23)5-3-17/h2-5,13-16H,6-12H2,1H3,(H,24,27)/t13-,14?,15?,16?,22?/m1/s1. The molecule has 0 unspecified atom stereocenters. The van der Waals surface area contributed by atoms with Gasteiger partial charge in [-0.05, 0) is 92.9 Å². The molecule has 1 aromatic heterocycles. The van der Waals surface area contributed by atoms with Gasteiger partial charge in [0.2, 0.25) is 11.8 Å². The van der Waals surface area contributed by atoms with E-state index in [9.17, 15) is 9.18 Å². The zero-order valence-corrected chi connectivity index (χ0v) is 17.4. The summed E-state index contributed by atoms with van der Waals surface area (Å²) in [6.07, 6.45) is 8.05. The Morgan fingerprint density at radius 1 is 1.17 bits per heavy atom. The maximum Gasteiger partial charge on any atom is 0.277 e. The van der Waals surface area contributed by atoms with Crippen LogP contribution in [0.4, 0.5) is 4.39 Å². The van der Waals surface area contributed by atoms with Crippen molar-refractivity contribution in [1.29, 1.82) is 0 Å². The molecule has 4 aliphatic rings. The van der Waals surface area contributed by atoms with E-state index in [-0.39, 0.29) is 23.5 Å². The molecule has 1 heterocycles. The van der Waals surface area contributed by atoms with Crippen LogP contribution < -0.4 is 5.32 Å². The first-order valence-electron chi connectivity index (χ1n) is 10.5. The molecule has 1 aromatic carbocycles. The van der Waals surface area contributed by atoms with Crippen molar-refractivity contribution in [2.75, 3.05) is 5.75 Å². The Labute approximate surface area is 174 Å². The quantitative estimate of drug-likeness (QED) is 0.694. The van der Waals surface area contributed by atoms with E-state index in [4.69, 9.17) is 4.42 Å². The van der Waals surface area contributed by atoms with E-state index < -0.39 is 0 Å². The van der Waals surface area contributed by atoms with Gasteiger partial charge >= 0.3 is 0 Å². The Hall–Kier alpha value is -1.89. The fraction of sp³-hybridized carbons (Fsp3) is 0.591. The van der Waals surface area contributed by atoms with Crippen molar-refractivity contribution in [3.05, 3.63) is 30.1 Å². The van der Waals surface area contributed by atoms with Crippen LogP contribution in [0.3, 0.4) is 0 Å². The second-order valence-electron chi connectivity index (χ2n) is 9.24. The number of nitrogens with zero attached hydrogens (tertiary/aromatic N) is 2. The lowest BCUT2D eigenvalue weighted by Gasteiger charge is -2.59. The predicted octanol–water partition coefficient (Wildman–Crippen LogP) is 4.69. The van der Waals surface area contributed by atoms with E-state index in [1.165, 1.54) is 62.4 Å². The molecule has 1 N–H and O–H groups in total. The van der Waals surface area contributed by atoms with E-state index in [0.717, 1.165) is 17.8 Å². The Bertz CT molecular complexity index is 862. The number of thioether (sulfide) groups is 1. The SMILES string of the molecule is C[C@@H](NC(=O)CSc1nnc(-c2ccc(F)cc2)o1)C12CC3CC(CC(C3)C1)C2. The number of carbonyl (C=O) groups is 1. The van der Waals surface area contributed by atoms with E-state index in [1.807, 2.05) is 0 Å². The number of amides is 1. The van der Waals surface area contributed by atoms with Gasteiger partial charge in [-0.3, -0.25) is 4.79 Å². The van der Waals surface area contributed by atoms with E-state index in [0.29, 0.717) is 22.1 Å². The molecular formula is C22H26FN3O2S. The number of benzene rings is 1. The largest absolute Gasteiger partial charge is 0.411 e. The summed E-state index contributed by atoms with van der Waals surface area (Å²) < 4.78 is 18.6. The van der Waals surface area contributed by atoms with Gasteiger partial charge in [-0.1, -0.05) is 11.8 Å². The zero-order valence-electron chi connectivity index (χ0n) is 16.6. The lowest BCUT2D eigenvalue weighted by Crippen LogP contribution is -2.56. The lowest BCUT2D eigenvalue weighted by atomic mass is 9.48. The molecule has 0 spiro atoms. The molecule has 5 nitrogen and oxygen atoms in total. The number of rotatable bonds is 6. The summed E-state index contributed by atoms with van der Waals surface area (Å²) in [7, 11) is 0. The van der Waals surface area contributed by atoms with Crippen molar-refractivity contribution in [3.8, 4) is 11.5 Å². The lowest BCUT2D eigenvalue weighted by molar-refractivity contribution is -0.123. The molecule has 154 valence electrons. The Kier molecular flexibility index (Phi) is 4.88. The maximum absolute atomic E-state index is 13.0. The smallest absolute Gasteiger partial charge is 0.277 e. The molecule has 4 aliphatic carbocycles. The van der Waals surface area contributed by atoms with Crippen molar-refractivity contribution in [1.82, 2.24) is 15.5 Å². The van der Waals surface area contributed by atoms with Crippen molar-refractivity contribution >= 4 is 17.7 Å². The van der Waals surface area contributed by atoms with Crippen LogP contribution in [-0.4, -0.2) is 27.9 Å². The second-order valence-corrected chi connectivity index (χ2v) is 10.2. The Morgan fingerprint density at radius 3 is 2.41 bits per heavy atom. The van der Waals surface area contributed by atoms with Crippen molar-refractivity contribution in [2.24, 2.45) is 23.2 Å². The van der Waals surface area contributed by atoms with Gasteiger partial charge < -0.3 is 9.73 Å². The molecule has 1 amide bonds. The topological polar surface area (TPSA) is 68.0 Å². The molecule has 0 radical (unpaired) electrons. The monoisotopic (exact) mass is 415 g/mol. The molecule has 2 aromatic rings. The average molecular weight is 416 g/mol. The second kappa shape index (κ2) is 7.42.